The van der Waals surface area contributed by atoms with E-state index in [1.165, 1.54) is 32.1 Å². The molecule has 2 N–H and O–H groups in total. The van der Waals surface area contributed by atoms with E-state index in [4.69, 9.17) is 0 Å². The van der Waals surface area contributed by atoms with Crippen molar-refractivity contribution in [3.05, 3.63) is 0 Å². The van der Waals surface area contributed by atoms with E-state index in [2.05, 4.69) is 10.9 Å². The van der Waals surface area contributed by atoms with Crippen molar-refractivity contribution in [2.75, 3.05) is 0 Å². The highest BCUT2D eigenvalue weighted by molar-refractivity contribution is 5.85. The van der Waals surface area contributed by atoms with Gasteiger partial charge < -0.3 is 0 Å². The molecule has 0 aromatic heterocycles. The summed E-state index contributed by atoms with van der Waals surface area (Å²) in [5.74, 6) is 0. The topological polar surface area (TPSA) is 43.9 Å². The maximum atomic E-state index is 3.20. The van der Waals surface area contributed by atoms with Crippen LogP contribution in [0.15, 0.2) is 0 Å². The zero-order valence-electron chi connectivity index (χ0n) is 5.44. The third-order valence-electron chi connectivity index (χ3n) is 2.19. The fourth-order valence-corrected chi connectivity index (χ4v) is 1.49. The first-order chi connectivity index (χ1) is 3.91. The Morgan fingerprint density at radius 2 is 1.44 bits per heavy atom. The van der Waals surface area contributed by atoms with Crippen LogP contribution in [-0.4, -0.2) is 5.66 Å². The average Bonchev–Trinajstić information content (AvgIpc) is 2.52. The molecule has 0 radical (unpaired) electrons. The zero-order chi connectivity index (χ0) is 5.45. The molecule has 2 fully saturated rings. The van der Waals surface area contributed by atoms with Crippen LogP contribution in [0.4, 0.5) is 0 Å². The first kappa shape index (κ1) is 7.32. The summed E-state index contributed by atoms with van der Waals surface area (Å²) in [5.41, 5.74) is 6.83. The molecule has 0 aromatic rings. The van der Waals surface area contributed by atoms with Crippen LogP contribution < -0.4 is 10.9 Å². The van der Waals surface area contributed by atoms with Gasteiger partial charge in [0, 0.05) is 0 Å². The lowest BCUT2D eigenvalue weighted by Gasteiger charge is -2.16. The van der Waals surface area contributed by atoms with Crippen molar-refractivity contribution in [1.29, 1.82) is 0 Å². The summed E-state index contributed by atoms with van der Waals surface area (Å²) in [7, 11) is 0. The van der Waals surface area contributed by atoms with Gasteiger partial charge in [-0.2, -0.15) is 0 Å². The second kappa shape index (κ2) is 2.45. The van der Waals surface area contributed by atoms with E-state index in [9.17, 15) is 0 Å². The molecule has 2 aliphatic rings. The molecule has 1 saturated heterocycles. The third kappa shape index (κ3) is 1.37. The Balaban J connectivity index is 0.000000405. The second-order valence-corrected chi connectivity index (χ2v) is 2.89. The summed E-state index contributed by atoms with van der Waals surface area (Å²) in [5, 5.41) is 0. The van der Waals surface area contributed by atoms with E-state index in [1.807, 2.05) is 0 Å². The molecule has 0 amide bonds. The van der Waals surface area contributed by atoms with Crippen LogP contribution in [0.3, 0.4) is 0 Å². The number of hydrogen-bond donors (Lipinski definition) is 2. The number of hydrazine groups is 1. The first-order valence-electron chi connectivity index (χ1n) is 3.46. The molecule has 3 heteroatoms. The van der Waals surface area contributed by atoms with E-state index >= 15 is 0 Å². The lowest BCUT2D eigenvalue weighted by Crippen LogP contribution is -2.20. The van der Waals surface area contributed by atoms with E-state index in [-0.39, 0.29) is 12.4 Å². The van der Waals surface area contributed by atoms with Crippen molar-refractivity contribution < 1.29 is 0 Å². The van der Waals surface area contributed by atoms with Crippen LogP contribution in [0.1, 0.15) is 32.1 Å². The Morgan fingerprint density at radius 3 is 1.78 bits per heavy atom. The fraction of sp³-hybridized carbons (Fsp3) is 1.00. The molecule has 54 valence electrons. The van der Waals surface area contributed by atoms with Crippen molar-refractivity contribution >= 4 is 12.4 Å². The van der Waals surface area contributed by atoms with Gasteiger partial charge in [-0.1, -0.05) is 19.3 Å². The zero-order valence-corrected chi connectivity index (χ0v) is 6.26. The summed E-state index contributed by atoms with van der Waals surface area (Å²) in [6.07, 6.45) is 6.92. The van der Waals surface area contributed by atoms with Gasteiger partial charge >= 0.3 is 0 Å². The van der Waals surface area contributed by atoms with E-state index in [0.29, 0.717) is 5.66 Å². The predicted octanol–water partition coefficient (Wildman–Crippen LogP) is 1.18. The van der Waals surface area contributed by atoms with E-state index in [1.54, 1.807) is 0 Å². The Labute approximate surface area is 61.8 Å². The lowest BCUT2D eigenvalue weighted by atomic mass is 9.93. The summed E-state index contributed by atoms with van der Waals surface area (Å²) in [6.45, 7) is 0. The molecule has 0 atom stereocenters. The highest BCUT2D eigenvalue weighted by Gasteiger charge is 2.41. The maximum Gasteiger partial charge on any atom is 0.0943 e. The monoisotopic (exact) mass is 148 g/mol. The van der Waals surface area contributed by atoms with Crippen molar-refractivity contribution in [3.8, 4) is 0 Å². The number of halogens is 1. The third-order valence-corrected chi connectivity index (χ3v) is 2.19. The molecule has 0 bridgehead atoms. The van der Waals surface area contributed by atoms with E-state index < -0.39 is 0 Å². The smallest absolute Gasteiger partial charge is 0.0943 e. The highest BCUT2D eigenvalue weighted by atomic mass is 35.5. The number of hydrogen-bond acceptors (Lipinski definition) is 2. The van der Waals surface area contributed by atoms with Gasteiger partial charge in [0.25, 0.3) is 0 Å². The lowest BCUT2D eigenvalue weighted by molar-refractivity contribution is 0.399. The second-order valence-electron chi connectivity index (χ2n) is 2.89. The molecule has 1 spiro atoms. The highest BCUT2D eigenvalue weighted by Crippen LogP contribution is 2.30. The van der Waals surface area contributed by atoms with Gasteiger partial charge in [0.05, 0.1) is 5.66 Å². The molecule has 1 heterocycles. The first-order valence-corrected chi connectivity index (χ1v) is 3.46. The normalized spacial score (nSPS) is 29.3. The molecule has 1 aliphatic carbocycles. The van der Waals surface area contributed by atoms with Crippen LogP contribution in [0.25, 0.3) is 0 Å². The molecular weight excluding hydrogens is 136 g/mol. The van der Waals surface area contributed by atoms with Gasteiger partial charge in [0.1, 0.15) is 0 Å². The van der Waals surface area contributed by atoms with Gasteiger partial charge in [-0.25, -0.2) is 10.9 Å². The van der Waals surface area contributed by atoms with Gasteiger partial charge in [-0.15, -0.1) is 12.4 Å². The molecule has 1 saturated carbocycles. The van der Waals surface area contributed by atoms with Gasteiger partial charge in [-0.05, 0) is 12.8 Å². The minimum Gasteiger partial charge on any atom is -0.235 e. The SMILES string of the molecule is C1CCC2(CC1)NN2.Cl. The summed E-state index contributed by atoms with van der Waals surface area (Å²) >= 11 is 0. The van der Waals surface area contributed by atoms with E-state index in [0.717, 1.165) is 0 Å². The Bertz CT molecular complexity index is 93.2. The number of rotatable bonds is 0. The Morgan fingerprint density at radius 1 is 0.889 bits per heavy atom. The molecule has 1 aliphatic heterocycles. The van der Waals surface area contributed by atoms with Gasteiger partial charge in [0.15, 0.2) is 0 Å². The van der Waals surface area contributed by atoms with Crippen molar-refractivity contribution in [2.45, 2.75) is 37.8 Å². The average molecular weight is 149 g/mol. The van der Waals surface area contributed by atoms with Gasteiger partial charge in [0.2, 0.25) is 0 Å². The fourth-order valence-electron chi connectivity index (χ4n) is 1.49. The molecule has 2 rings (SSSR count). The molecule has 0 unspecified atom stereocenters. The standard InChI is InChI=1S/C6H12N2.ClH/c1-2-4-6(5-3-1)7-8-6;/h7-8H,1-5H2;1H. The van der Waals surface area contributed by atoms with Crippen molar-refractivity contribution in [3.63, 3.8) is 0 Å². The number of nitrogens with one attached hydrogen (secondary N) is 2. The van der Waals surface area contributed by atoms with Gasteiger partial charge in [-0.3, -0.25) is 0 Å². The minimum atomic E-state index is 0. The molecule has 0 aromatic carbocycles. The van der Waals surface area contributed by atoms with Crippen LogP contribution in [0, 0.1) is 0 Å². The van der Waals surface area contributed by atoms with Crippen LogP contribution in [0.5, 0.6) is 0 Å². The van der Waals surface area contributed by atoms with Crippen LogP contribution in [0.2, 0.25) is 0 Å². The summed E-state index contributed by atoms with van der Waals surface area (Å²) in [6, 6.07) is 0. The molecule has 9 heavy (non-hydrogen) atoms. The Kier molecular flexibility index (Phi) is 1.99. The Hall–Kier alpha value is 0.210. The van der Waals surface area contributed by atoms with Crippen LogP contribution in [-0.2, 0) is 0 Å². The predicted molar refractivity (Wildman–Crippen MR) is 39.3 cm³/mol. The molecular formula is C6H13ClN2. The quantitative estimate of drug-likeness (QED) is 0.507. The summed E-state index contributed by atoms with van der Waals surface area (Å²) < 4.78 is 0. The summed E-state index contributed by atoms with van der Waals surface area (Å²) in [4.78, 5) is 0. The van der Waals surface area contributed by atoms with Crippen molar-refractivity contribution in [1.82, 2.24) is 10.9 Å². The van der Waals surface area contributed by atoms with Crippen LogP contribution >= 0.6 is 12.4 Å². The maximum absolute atomic E-state index is 3.20. The minimum absolute atomic E-state index is 0. The van der Waals surface area contributed by atoms with Crippen molar-refractivity contribution in [2.24, 2.45) is 0 Å². The molecule has 2 nitrogen and oxygen atoms in total. The largest absolute Gasteiger partial charge is 0.235 e.